The van der Waals surface area contributed by atoms with E-state index in [1.54, 1.807) is 6.92 Å². The van der Waals surface area contributed by atoms with Crippen LogP contribution in [0.3, 0.4) is 0 Å². The van der Waals surface area contributed by atoms with E-state index < -0.39 is 54.3 Å². The SMILES string of the molecule is CCCCCCCC(=O)OC(F)(F)C(F)(F)C(F)(F)C(F)(F)C(F)(F)C(F)(F)C(F)(F)F. The summed E-state index contributed by atoms with van der Waals surface area (Å²) in [5.41, 5.74) is 0. The highest BCUT2D eigenvalue weighted by Gasteiger charge is 2.94. The maximum absolute atomic E-state index is 13.4. The Kier molecular flexibility index (Phi) is 8.89. The monoisotopic (exact) mass is 512 g/mol. The molecule has 0 rings (SSSR count). The molecule has 0 aliphatic heterocycles. The lowest BCUT2D eigenvalue weighted by Gasteiger charge is -2.40. The minimum Gasteiger partial charge on any atom is -0.396 e. The van der Waals surface area contributed by atoms with Gasteiger partial charge >= 0.3 is 47.9 Å². The summed E-state index contributed by atoms with van der Waals surface area (Å²) in [5, 5.41) is 0. The van der Waals surface area contributed by atoms with E-state index in [0.29, 0.717) is 19.3 Å². The van der Waals surface area contributed by atoms with Gasteiger partial charge in [-0.2, -0.15) is 65.9 Å². The molecule has 0 aromatic carbocycles. The van der Waals surface area contributed by atoms with Crippen molar-refractivity contribution >= 4 is 5.97 Å². The minimum atomic E-state index is -8.40. The van der Waals surface area contributed by atoms with Gasteiger partial charge in [-0.3, -0.25) is 4.79 Å². The standard InChI is InChI=1S/C15H15F15O2/c1-2-3-4-5-6-7-8(31)32-15(29,30)13(24,25)11(20,21)9(16,17)10(18,19)12(22,23)14(26,27)28/h2-7H2,1H3. The van der Waals surface area contributed by atoms with Gasteiger partial charge in [-0.1, -0.05) is 32.6 Å². The Morgan fingerprint density at radius 1 is 0.562 bits per heavy atom. The molecule has 0 aliphatic carbocycles. The quantitative estimate of drug-likeness (QED) is 0.157. The first-order valence-corrected chi connectivity index (χ1v) is 8.51. The number of hydrogen-bond donors (Lipinski definition) is 0. The summed E-state index contributed by atoms with van der Waals surface area (Å²) in [6.07, 6.45) is -14.4. The molecule has 2 nitrogen and oxygen atoms in total. The maximum Gasteiger partial charge on any atom is 0.473 e. The van der Waals surface area contributed by atoms with Crippen LogP contribution in [0.1, 0.15) is 45.4 Å². The Hall–Kier alpha value is -1.58. The van der Waals surface area contributed by atoms with Gasteiger partial charge in [0.1, 0.15) is 0 Å². The average Bonchev–Trinajstić information content (AvgIpc) is 2.59. The summed E-state index contributed by atoms with van der Waals surface area (Å²) in [5.74, 6) is -43.3. The number of carbonyl (C=O) groups is 1. The lowest BCUT2D eigenvalue weighted by Crippen LogP contribution is -2.72. The van der Waals surface area contributed by atoms with E-state index >= 15 is 0 Å². The Bertz CT molecular complexity index is 639. The van der Waals surface area contributed by atoms with Gasteiger partial charge in [0.25, 0.3) is 0 Å². The highest BCUT2D eigenvalue weighted by molar-refractivity contribution is 5.69. The van der Waals surface area contributed by atoms with Crippen molar-refractivity contribution in [1.29, 1.82) is 0 Å². The van der Waals surface area contributed by atoms with Crippen molar-refractivity contribution in [3.8, 4) is 0 Å². The molecule has 0 radical (unpaired) electrons. The summed E-state index contributed by atoms with van der Waals surface area (Å²) in [6.45, 7) is 1.74. The summed E-state index contributed by atoms with van der Waals surface area (Å²) < 4.78 is 197. The lowest BCUT2D eigenvalue weighted by molar-refractivity contribution is -0.468. The van der Waals surface area contributed by atoms with Gasteiger partial charge in [-0.25, -0.2) is 0 Å². The van der Waals surface area contributed by atoms with Crippen molar-refractivity contribution in [1.82, 2.24) is 0 Å². The number of halogens is 15. The maximum atomic E-state index is 13.4. The van der Waals surface area contributed by atoms with Crippen LogP contribution in [0.15, 0.2) is 0 Å². The molecule has 0 saturated carbocycles. The molecule has 0 aromatic heterocycles. The average molecular weight is 512 g/mol. The second-order valence-electron chi connectivity index (χ2n) is 6.52. The van der Waals surface area contributed by atoms with Crippen LogP contribution >= 0.6 is 0 Å². The Morgan fingerprint density at radius 2 is 0.938 bits per heavy atom. The first kappa shape index (κ1) is 30.4. The number of hydrogen-bond acceptors (Lipinski definition) is 2. The number of alkyl halides is 15. The van der Waals surface area contributed by atoms with Crippen LogP contribution < -0.4 is 0 Å². The topological polar surface area (TPSA) is 26.3 Å². The van der Waals surface area contributed by atoms with Crippen molar-refractivity contribution in [2.75, 3.05) is 0 Å². The van der Waals surface area contributed by atoms with Gasteiger partial charge in [0.05, 0.1) is 0 Å². The van der Waals surface area contributed by atoms with E-state index in [-0.39, 0.29) is 12.8 Å². The van der Waals surface area contributed by atoms with Gasteiger partial charge in [-0.05, 0) is 6.42 Å². The normalized spacial score (nSPS) is 15.1. The third-order valence-electron chi connectivity index (χ3n) is 4.03. The van der Waals surface area contributed by atoms with Crippen LogP contribution in [0.4, 0.5) is 65.9 Å². The third-order valence-corrected chi connectivity index (χ3v) is 4.03. The lowest BCUT2D eigenvalue weighted by atomic mass is 9.93. The smallest absolute Gasteiger partial charge is 0.396 e. The Labute approximate surface area is 170 Å². The highest BCUT2D eigenvalue weighted by atomic mass is 19.4. The number of ether oxygens (including phenoxy) is 1. The van der Waals surface area contributed by atoms with Gasteiger partial charge < -0.3 is 4.74 Å². The number of carbonyl (C=O) groups excluding carboxylic acids is 1. The van der Waals surface area contributed by atoms with Gasteiger partial charge in [0, 0.05) is 6.42 Å². The molecule has 0 fully saturated rings. The van der Waals surface area contributed by atoms with E-state index in [1.165, 1.54) is 0 Å². The zero-order chi connectivity index (χ0) is 26.0. The molecule has 0 amide bonds. The van der Waals surface area contributed by atoms with Crippen molar-refractivity contribution in [2.45, 2.75) is 87.3 Å². The zero-order valence-corrected chi connectivity index (χ0v) is 15.7. The molecule has 0 aliphatic rings. The summed E-state index contributed by atoms with van der Waals surface area (Å²) in [4.78, 5) is 11.1. The van der Waals surface area contributed by atoms with Gasteiger partial charge in [0.15, 0.2) is 0 Å². The molecular formula is C15H15F15O2. The van der Waals surface area contributed by atoms with Crippen molar-refractivity contribution in [2.24, 2.45) is 0 Å². The van der Waals surface area contributed by atoms with E-state index in [1.807, 2.05) is 0 Å². The molecule has 192 valence electrons. The number of esters is 1. The first-order valence-electron chi connectivity index (χ1n) is 8.51. The fourth-order valence-corrected chi connectivity index (χ4v) is 2.08. The molecular weight excluding hydrogens is 497 g/mol. The first-order chi connectivity index (χ1) is 14.0. The summed E-state index contributed by atoms with van der Waals surface area (Å²) >= 11 is 0. The Morgan fingerprint density at radius 3 is 1.34 bits per heavy atom. The van der Waals surface area contributed by atoms with Gasteiger partial charge in [0.2, 0.25) is 0 Å². The van der Waals surface area contributed by atoms with E-state index in [4.69, 9.17) is 0 Å². The molecule has 0 spiro atoms. The fraction of sp³-hybridized carbons (Fsp3) is 0.933. The van der Waals surface area contributed by atoms with E-state index in [0.717, 1.165) is 0 Å². The van der Waals surface area contributed by atoms with E-state index in [9.17, 15) is 70.7 Å². The molecule has 0 N–H and O–H groups in total. The van der Waals surface area contributed by atoms with Crippen molar-refractivity contribution in [3.05, 3.63) is 0 Å². The molecule has 32 heavy (non-hydrogen) atoms. The van der Waals surface area contributed by atoms with Gasteiger partial charge in [-0.15, -0.1) is 0 Å². The van der Waals surface area contributed by atoms with Crippen LogP contribution in [-0.4, -0.2) is 47.9 Å². The van der Waals surface area contributed by atoms with Crippen LogP contribution in [-0.2, 0) is 9.53 Å². The third kappa shape index (κ3) is 5.15. The molecule has 0 saturated heterocycles. The second-order valence-corrected chi connectivity index (χ2v) is 6.52. The number of rotatable bonds is 12. The largest absolute Gasteiger partial charge is 0.473 e. The summed E-state index contributed by atoms with van der Waals surface area (Å²) in [7, 11) is 0. The molecule has 0 heterocycles. The highest BCUT2D eigenvalue weighted by Crippen LogP contribution is 2.62. The summed E-state index contributed by atoms with van der Waals surface area (Å²) in [6, 6.07) is 0. The number of unbranched alkanes of at least 4 members (excludes halogenated alkanes) is 4. The van der Waals surface area contributed by atoms with Crippen LogP contribution in [0.2, 0.25) is 0 Å². The minimum absolute atomic E-state index is 0.123. The Balaban J connectivity index is 5.88. The van der Waals surface area contributed by atoms with Crippen LogP contribution in [0, 0.1) is 0 Å². The van der Waals surface area contributed by atoms with Crippen molar-refractivity contribution in [3.63, 3.8) is 0 Å². The van der Waals surface area contributed by atoms with E-state index in [2.05, 4.69) is 4.74 Å². The molecule has 0 atom stereocenters. The fourth-order valence-electron chi connectivity index (χ4n) is 2.08. The van der Waals surface area contributed by atoms with Crippen LogP contribution in [0.25, 0.3) is 0 Å². The predicted molar refractivity (Wildman–Crippen MR) is 75.2 cm³/mol. The molecule has 0 unspecified atom stereocenters. The molecule has 0 aromatic rings. The molecule has 0 bridgehead atoms. The van der Waals surface area contributed by atoms with Crippen molar-refractivity contribution < 1.29 is 75.4 Å². The van der Waals surface area contributed by atoms with Crippen LogP contribution in [0.5, 0.6) is 0 Å². The predicted octanol–water partition coefficient (Wildman–Crippen LogP) is 7.22. The second kappa shape index (κ2) is 9.35. The molecule has 17 heteroatoms. The zero-order valence-electron chi connectivity index (χ0n) is 15.7.